The van der Waals surface area contributed by atoms with E-state index in [1.54, 1.807) is 0 Å². The van der Waals surface area contributed by atoms with Gasteiger partial charge in [-0.25, -0.2) is 4.79 Å². The molecule has 0 bridgehead atoms. The van der Waals surface area contributed by atoms with Crippen molar-refractivity contribution in [3.8, 4) is 0 Å². The quantitative estimate of drug-likeness (QED) is 0.477. The van der Waals surface area contributed by atoms with E-state index in [2.05, 4.69) is 9.72 Å². The van der Waals surface area contributed by atoms with Gasteiger partial charge in [0.15, 0.2) is 0 Å². The molecular formula is C11H14N2O3. The molecule has 0 aliphatic rings. The molecule has 1 N–H and O–H groups in total. The molecule has 0 aliphatic heterocycles. The Balaban J connectivity index is 2.81. The molecule has 0 aliphatic carbocycles. The van der Waals surface area contributed by atoms with Crippen molar-refractivity contribution in [2.45, 2.75) is 13.3 Å². The fraction of sp³-hybridized carbons (Fsp3) is 0.364. The molecule has 5 heteroatoms. The Labute approximate surface area is 93.9 Å². The van der Waals surface area contributed by atoms with Crippen molar-refractivity contribution in [3.63, 3.8) is 0 Å². The Bertz CT molecular complexity index is 391. The van der Waals surface area contributed by atoms with E-state index in [-0.39, 0.29) is 5.90 Å². The Morgan fingerprint density at radius 1 is 1.44 bits per heavy atom. The third-order valence-electron chi connectivity index (χ3n) is 1.87. The summed E-state index contributed by atoms with van der Waals surface area (Å²) in [5.74, 6) is -0.460. The predicted octanol–water partition coefficient (Wildman–Crippen LogP) is 1.62. The van der Waals surface area contributed by atoms with Crippen LogP contribution < -0.4 is 0 Å². The molecule has 0 fully saturated rings. The van der Waals surface area contributed by atoms with E-state index in [9.17, 15) is 4.79 Å². The average Bonchev–Trinajstić information content (AvgIpc) is 2.35. The Morgan fingerprint density at radius 2 is 2.12 bits per heavy atom. The number of carbonyl (C=O) groups is 1. The van der Waals surface area contributed by atoms with Crippen LogP contribution in [-0.2, 0) is 9.47 Å². The molecule has 0 atom stereocenters. The first-order valence-corrected chi connectivity index (χ1v) is 4.94. The van der Waals surface area contributed by atoms with Gasteiger partial charge in [-0.2, -0.15) is 0 Å². The molecule has 0 amide bonds. The number of hydrogen-bond donors (Lipinski definition) is 1. The largest absolute Gasteiger partial charge is 0.478 e. The van der Waals surface area contributed by atoms with Gasteiger partial charge >= 0.3 is 5.97 Å². The second-order valence-electron chi connectivity index (χ2n) is 3.13. The zero-order chi connectivity index (χ0) is 12.0. The van der Waals surface area contributed by atoms with Crippen molar-refractivity contribution in [2.75, 3.05) is 13.7 Å². The van der Waals surface area contributed by atoms with E-state index < -0.39 is 5.97 Å². The van der Waals surface area contributed by atoms with Crippen LogP contribution in [-0.4, -0.2) is 30.6 Å². The second kappa shape index (κ2) is 5.85. The first-order chi connectivity index (χ1) is 7.69. The summed E-state index contributed by atoms with van der Waals surface area (Å²) in [6.07, 6.45) is 3.69. The van der Waals surface area contributed by atoms with Gasteiger partial charge in [-0.3, -0.25) is 10.4 Å². The van der Waals surface area contributed by atoms with Crippen LogP contribution in [0.1, 0.15) is 29.3 Å². The van der Waals surface area contributed by atoms with Crippen LogP contribution in [0.3, 0.4) is 0 Å². The van der Waals surface area contributed by atoms with E-state index >= 15 is 0 Å². The van der Waals surface area contributed by atoms with Crippen molar-refractivity contribution in [1.82, 2.24) is 4.98 Å². The molecule has 0 saturated carbocycles. The van der Waals surface area contributed by atoms with Crippen molar-refractivity contribution in [1.29, 1.82) is 5.41 Å². The zero-order valence-electron chi connectivity index (χ0n) is 9.32. The highest BCUT2D eigenvalue weighted by Crippen LogP contribution is 2.06. The summed E-state index contributed by atoms with van der Waals surface area (Å²) in [6, 6.07) is 1.52. The highest BCUT2D eigenvalue weighted by molar-refractivity contribution is 5.95. The Kier molecular flexibility index (Phi) is 4.44. The van der Waals surface area contributed by atoms with Gasteiger partial charge in [0, 0.05) is 12.4 Å². The first kappa shape index (κ1) is 12.2. The molecule has 0 unspecified atom stereocenters. The monoisotopic (exact) mass is 222 g/mol. The summed E-state index contributed by atoms with van der Waals surface area (Å²) >= 11 is 0. The lowest BCUT2D eigenvalue weighted by atomic mass is 10.2. The minimum absolute atomic E-state index is 0.0140. The number of esters is 1. The molecule has 0 saturated heterocycles. The van der Waals surface area contributed by atoms with E-state index in [4.69, 9.17) is 10.1 Å². The van der Waals surface area contributed by atoms with Gasteiger partial charge in [-0.05, 0) is 12.5 Å². The molecule has 16 heavy (non-hydrogen) atoms. The number of ether oxygens (including phenoxy) is 2. The number of rotatable bonds is 4. The maximum atomic E-state index is 11.2. The van der Waals surface area contributed by atoms with Gasteiger partial charge in [0.25, 0.3) is 0 Å². The summed E-state index contributed by atoms with van der Waals surface area (Å²) in [7, 11) is 1.30. The summed E-state index contributed by atoms with van der Waals surface area (Å²) in [6.45, 7) is 2.43. The van der Waals surface area contributed by atoms with Gasteiger partial charge in [0.2, 0.25) is 5.90 Å². The summed E-state index contributed by atoms with van der Waals surface area (Å²) < 4.78 is 9.70. The fourth-order valence-electron chi connectivity index (χ4n) is 1.08. The third kappa shape index (κ3) is 3.05. The highest BCUT2D eigenvalue weighted by Gasteiger charge is 2.09. The maximum absolute atomic E-state index is 11.2. The van der Waals surface area contributed by atoms with Crippen LogP contribution in [0.15, 0.2) is 18.5 Å². The lowest BCUT2D eigenvalue weighted by molar-refractivity contribution is 0.0600. The van der Waals surface area contributed by atoms with E-state index in [1.165, 1.54) is 25.6 Å². The number of carbonyl (C=O) groups excluding carboxylic acids is 1. The average molecular weight is 222 g/mol. The molecule has 0 aromatic carbocycles. The molecule has 1 rings (SSSR count). The SMILES string of the molecule is CCCOC(=N)c1cncc(C(=O)OC)c1. The van der Waals surface area contributed by atoms with Crippen LogP contribution in [0.5, 0.6) is 0 Å². The smallest absolute Gasteiger partial charge is 0.339 e. The normalized spacial score (nSPS) is 9.62. The van der Waals surface area contributed by atoms with Crippen molar-refractivity contribution >= 4 is 11.9 Å². The number of methoxy groups -OCH3 is 1. The van der Waals surface area contributed by atoms with Crippen LogP contribution in [0.4, 0.5) is 0 Å². The standard InChI is InChI=1S/C11H14N2O3/c1-3-4-16-10(12)8-5-9(7-13-6-8)11(14)15-2/h5-7,12H,3-4H2,1-2H3. The van der Waals surface area contributed by atoms with Crippen LogP contribution >= 0.6 is 0 Å². The first-order valence-electron chi connectivity index (χ1n) is 4.94. The van der Waals surface area contributed by atoms with Crippen LogP contribution in [0.25, 0.3) is 0 Å². The Morgan fingerprint density at radius 3 is 2.75 bits per heavy atom. The minimum Gasteiger partial charge on any atom is -0.478 e. The number of nitrogens with one attached hydrogen (secondary N) is 1. The van der Waals surface area contributed by atoms with Gasteiger partial charge < -0.3 is 9.47 Å². The number of nitrogens with zero attached hydrogens (tertiary/aromatic N) is 1. The van der Waals surface area contributed by atoms with Gasteiger partial charge in [0.05, 0.1) is 24.8 Å². The third-order valence-corrected chi connectivity index (χ3v) is 1.87. The molecular weight excluding hydrogens is 208 g/mol. The van der Waals surface area contributed by atoms with Crippen molar-refractivity contribution in [2.24, 2.45) is 0 Å². The van der Waals surface area contributed by atoms with Crippen LogP contribution in [0.2, 0.25) is 0 Å². The summed E-state index contributed by atoms with van der Waals surface area (Å²) in [5, 5.41) is 7.61. The van der Waals surface area contributed by atoms with Gasteiger partial charge in [-0.1, -0.05) is 6.92 Å². The molecule has 0 radical (unpaired) electrons. The lowest BCUT2D eigenvalue weighted by Crippen LogP contribution is -2.09. The minimum atomic E-state index is -0.474. The fourth-order valence-corrected chi connectivity index (χ4v) is 1.08. The molecule has 0 spiro atoms. The van der Waals surface area contributed by atoms with E-state index in [0.29, 0.717) is 17.7 Å². The lowest BCUT2D eigenvalue weighted by Gasteiger charge is -2.06. The maximum Gasteiger partial charge on any atom is 0.339 e. The zero-order valence-corrected chi connectivity index (χ0v) is 9.32. The highest BCUT2D eigenvalue weighted by atomic mass is 16.5. The number of hydrogen-bond acceptors (Lipinski definition) is 5. The van der Waals surface area contributed by atoms with Crippen LogP contribution in [0, 0.1) is 5.41 Å². The van der Waals surface area contributed by atoms with Crippen molar-refractivity contribution in [3.05, 3.63) is 29.6 Å². The second-order valence-corrected chi connectivity index (χ2v) is 3.13. The molecule has 86 valence electrons. The summed E-state index contributed by atoms with van der Waals surface area (Å²) in [4.78, 5) is 15.1. The molecule has 1 heterocycles. The molecule has 5 nitrogen and oxygen atoms in total. The molecule has 1 aromatic heterocycles. The van der Waals surface area contributed by atoms with E-state index in [1.807, 2.05) is 6.92 Å². The number of aromatic nitrogens is 1. The Hall–Kier alpha value is -1.91. The summed E-state index contributed by atoms with van der Waals surface area (Å²) in [5.41, 5.74) is 0.779. The molecule has 1 aromatic rings. The number of pyridine rings is 1. The predicted molar refractivity (Wildman–Crippen MR) is 58.6 cm³/mol. The van der Waals surface area contributed by atoms with Crippen molar-refractivity contribution < 1.29 is 14.3 Å². The van der Waals surface area contributed by atoms with E-state index in [0.717, 1.165) is 6.42 Å². The van der Waals surface area contributed by atoms with Gasteiger partial charge in [-0.15, -0.1) is 0 Å². The van der Waals surface area contributed by atoms with Gasteiger partial charge in [0.1, 0.15) is 0 Å². The topological polar surface area (TPSA) is 72.3 Å².